The maximum absolute atomic E-state index is 13.9. The zero-order valence-corrected chi connectivity index (χ0v) is 26.9. The Morgan fingerprint density at radius 1 is 1.00 bits per heavy atom. The predicted octanol–water partition coefficient (Wildman–Crippen LogP) is 7.23. The third kappa shape index (κ3) is 5.65. The van der Waals surface area contributed by atoms with Crippen LogP contribution >= 0.6 is 11.3 Å². The summed E-state index contributed by atoms with van der Waals surface area (Å²) in [5, 5.41) is 12.1. The number of benzene rings is 4. The average Bonchev–Trinajstić information content (AvgIpc) is 3.75. The van der Waals surface area contributed by atoms with Crippen LogP contribution in [0.25, 0.3) is 16.0 Å². The van der Waals surface area contributed by atoms with E-state index in [0.717, 1.165) is 21.6 Å². The van der Waals surface area contributed by atoms with Crippen molar-refractivity contribution in [2.45, 2.75) is 39.0 Å². The van der Waals surface area contributed by atoms with Gasteiger partial charge >= 0.3 is 5.91 Å². The highest BCUT2D eigenvalue weighted by molar-refractivity contribution is 7.22. The van der Waals surface area contributed by atoms with Crippen LogP contribution in [0.3, 0.4) is 0 Å². The second kappa shape index (κ2) is 12.4. The highest BCUT2D eigenvalue weighted by Gasteiger charge is 2.48. The molecule has 0 saturated carbocycles. The van der Waals surface area contributed by atoms with Gasteiger partial charge in [0.1, 0.15) is 30.0 Å². The SMILES string of the molecule is CCOc1ccc2nc(N3C(=O)C(=O)C(=C(O)c4ccc5c(c4)C[C@@H](C)O5)[C@@H]3c3ccc(OCc4ccccc4)c(OC)c3)sc2c1. The molecule has 0 unspecified atom stereocenters. The summed E-state index contributed by atoms with van der Waals surface area (Å²) in [6.45, 7) is 4.71. The highest BCUT2D eigenvalue weighted by atomic mass is 32.1. The molecule has 0 radical (unpaired) electrons. The van der Waals surface area contributed by atoms with Gasteiger partial charge in [0.25, 0.3) is 5.78 Å². The first-order valence-electron chi connectivity index (χ1n) is 15.3. The van der Waals surface area contributed by atoms with Gasteiger partial charge in [-0.25, -0.2) is 4.98 Å². The number of carbonyl (C=O) groups excluding carboxylic acids is 2. The van der Waals surface area contributed by atoms with E-state index in [4.69, 9.17) is 23.9 Å². The van der Waals surface area contributed by atoms with Crippen LogP contribution in [0.2, 0.25) is 0 Å². The van der Waals surface area contributed by atoms with E-state index in [-0.39, 0.29) is 17.4 Å². The number of hydrogen-bond acceptors (Lipinski definition) is 9. The van der Waals surface area contributed by atoms with Gasteiger partial charge in [0.05, 0.1) is 35.5 Å². The number of methoxy groups -OCH3 is 1. The van der Waals surface area contributed by atoms with Crippen molar-refractivity contribution in [3.05, 3.63) is 113 Å². The minimum atomic E-state index is -0.998. The molecule has 47 heavy (non-hydrogen) atoms. The lowest BCUT2D eigenvalue weighted by atomic mass is 9.94. The molecule has 2 atom stereocenters. The maximum atomic E-state index is 13.9. The summed E-state index contributed by atoms with van der Waals surface area (Å²) >= 11 is 1.27. The van der Waals surface area contributed by atoms with Crippen LogP contribution in [0.5, 0.6) is 23.0 Å². The van der Waals surface area contributed by atoms with Gasteiger partial charge in [-0.3, -0.25) is 14.5 Å². The number of carbonyl (C=O) groups is 2. The fraction of sp³-hybridized carbons (Fsp3) is 0.216. The minimum absolute atomic E-state index is 0.00495. The van der Waals surface area contributed by atoms with Gasteiger partial charge in [0, 0.05) is 12.0 Å². The van der Waals surface area contributed by atoms with Crippen LogP contribution in [-0.4, -0.2) is 41.6 Å². The Bertz CT molecular complexity index is 2040. The van der Waals surface area contributed by atoms with Crippen LogP contribution in [0.15, 0.2) is 90.5 Å². The summed E-state index contributed by atoms with van der Waals surface area (Å²) < 4.78 is 24.1. The molecular weight excluding hydrogens is 616 g/mol. The molecule has 3 heterocycles. The van der Waals surface area contributed by atoms with E-state index >= 15 is 0 Å². The Labute approximate surface area is 275 Å². The third-order valence-corrected chi connectivity index (χ3v) is 9.24. The normalized spacial score (nSPS) is 18.3. The van der Waals surface area contributed by atoms with E-state index < -0.39 is 17.7 Å². The molecule has 2 aliphatic heterocycles. The Morgan fingerprint density at radius 2 is 1.83 bits per heavy atom. The molecule has 0 spiro atoms. The van der Waals surface area contributed by atoms with Crippen molar-refractivity contribution in [2.24, 2.45) is 0 Å². The van der Waals surface area contributed by atoms with Crippen molar-refractivity contribution >= 4 is 44.1 Å². The number of fused-ring (bicyclic) bond motifs is 2. The zero-order chi connectivity index (χ0) is 32.7. The van der Waals surface area contributed by atoms with E-state index in [1.54, 1.807) is 30.3 Å². The zero-order valence-electron chi connectivity index (χ0n) is 26.1. The lowest BCUT2D eigenvalue weighted by Crippen LogP contribution is -2.29. The Hall–Kier alpha value is -5.35. The Balaban J connectivity index is 1.34. The molecule has 0 bridgehead atoms. The molecule has 1 N–H and O–H groups in total. The number of amides is 1. The number of nitrogens with zero attached hydrogens (tertiary/aromatic N) is 2. The summed E-state index contributed by atoms with van der Waals surface area (Å²) in [6.07, 6.45) is 0.677. The first-order chi connectivity index (χ1) is 22.8. The lowest BCUT2D eigenvalue weighted by molar-refractivity contribution is -0.132. The van der Waals surface area contributed by atoms with Crippen molar-refractivity contribution in [3.8, 4) is 23.0 Å². The highest BCUT2D eigenvalue weighted by Crippen LogP contribution is 2.46. The number of aliphatic hydroxyl groups excluding tert-OH is 1. The van der Waals surface area contributed by atoms with Crippen LogP contribution in [0, 0.1) is 0 Å². The van der Waals surface area contributed by atoms with E-state index in [9.17, 15) is 14.7 Å². The van der Waals surface area contributed by atoms with Gasteiger partial charge in [0.2, 0.25) is 0 Å². The van der Waals surface area contributed by atoms with Gasteiger partial charge in [-0.05, 0) is 79.1 Å². The van der Waals surface area contributed by atoms with Crippen LogP contribution in [0.4, 0.5) is 5.13 Å². The van der Waals surface area contributed by atoms with E-state index in [2.05, 4.69) is 0 Å². The van der Waals surface area contributed by atoms with E-state index in [0.29, 0.717) is 58.7 Å². The summed E-state index contributed by atoms with van der Waals surface area (Å²) in [5.41, 5.74) is 3.49. The number of Topliss-reactive ketones (excluding diaryl/α,β-unsaturated/α-hetero) is 1. The Morgan fingerprint density at radius 3 is 2.62 bits per heavy atom. The van der Waals surface area contributed by atoms with Crippen molar-refractivity contribution in [2.75, 3.05) is 18.6 Å². The first-order valence-corrected chi connectivity index (χ1v) is 16.1. The monoisotopic (exact) mass is 648 g/mol. The lowest BCUT2D eigenvalue weighted by Gasteiger charge is -2.24. The summed E-state index contributed by atoms with van der Waals surface area (Å²) in [7, 11) is 1.53. The molecule has 7 rings (SSSR count). The van der Waals surface area contributed by atoms with Crippen molar-refractivity contribution in [1.29, 1.82) is 0 Å². The van der Waals surface area contributed by atoms with E-state index in [1.165, 1.54) is 23.3 Å². The van der Waals surface area contributed by atoms with Gasteiger partial charge in [-0.2, -0.15) is 0 Å². The number of anilines is 1. The van der Waals surface area contributed by atoms with Crippen molar-refractivity contribution < 1.29 is 33.6 Å². The third-order valence-electron chi connectivity index (χ3n) is 8.22. The topological polar surface area (TPSA) is 107 Å². The summed E-state index contributed by atoms with van der Waals surface area (Å²) in [6, 6.07) is 24.8. The molecule has 1 fully saturated rings. The number of ketones is 1. The maximum Gasteiger partial charge on any atom is 0.301 e. The van der Waals surface area contributed by atoms with Crippen LogP contribution in [-0.2, 0) is 22.6 Å². The van der Waals surface area contributed by atoms with Crippen molar-refractivity contribution in [1.82, 2.24) is 4.98 Å². The Kier molecular flexibility index (Phi) is 8.03. The van der Waals surface area contributed by atoms with Gasteiger partial charge in [0.15, 0.2) is 16.6 Å². The molecule has 1 saturated heterocycles. The number of hydrogen-bond donors (Lipinski definition) is 1. The molecule has 4 aromatic carbocycles. The summed E-state index contributed by atoms with van der Waals surface area (Å²) in [4.78, 5) is 33.9. The standard InChI is InChI=1S/C37H32N2O7S/c1-4-44-26-12-13-27-31(19-26)47-37(38-27)39-33(23-10-15-29(30(18-23)43-3)45-20-22-8-6-5-7-9-22)32(35(41)36(39)42)34(40)24-11-14-28-25(17-24)16-21(2)46-28/h5-15,17-19,21,33,40H,4,16,20H2,1-3H3/t21-,33+/m1/s1. The first kappa shape index (κ1) is 30.3. The quantitative estimate of drug-likeness (QED) is 0.101. The number of ether oxygens (including phenoxy) is 4. The average molecular weight is 649 g/mol. The molecule has 1 amide bonds. The van der Waals surface area contributed by atoms with Gasteiger partial charge < -0.3 is 24.1 Å². The van der Waals surface area contributed by atoms with Crippen molar-refractivity contribution in [3.63, 3.8) is 0 Å². The van der Waals surface area contributed by atoms with Crippen LogP contribution < -0.4 is 23.8 Å². The molecule has 238 valence electrons. The molecular formula is C37H32N2O7S. The fourth-order valence-corrected chi connectivity index (χ4v) is 7.05. The fourth-order valence-electron chi connectivity index (χ4n) is 6.03. The predicted molar refractivity (Wildman–Crippen MR) is 180 cm³/mol. The molecule has 2 aliphatic rings. The molecule has 10 heteroatoms. The van der Waals surface area contributed by atoms with Crippen LogP contribution in [0.1, 0.15) is 42.1 Å². The molecule has 1 aromatic heterocycles. The summed E-state index contributed by atoms with van der Waals surface area (Å²) in [5.74, 6) is 0.451. The second-order valence-corrected chi connectivity index (χ2v) is 12.4. The molecule has 9 nitrogen and oxygen atoms in total. The number of rotatable bonds is 9. The van der Waals surface area contributed by atoms with E-state index in [1.807, 2.05) is 68.4 Å². The van der Waals surface area contributed by atoms with Gasteiger partial charge in [-0.15, -0.1) is 0 Å². The van der Waals surface area contributed by atoms with Gasteiger partial charge in [-0.1, -0.05) is 47.7 Å². The minimum Gasteiger partial charge on any atom is -0.507 e. The number of aromatic nitrogens is 1. The smallest absolute Gasteiger partial charge is 0.301 e. The number of thiazole rings is 1. The molecule has 0 aliphatic carbocycles. The number of aliphatic hydroxyl groups is 1. The second-order valence-electron chi connectivity index (χ2n) is 11.4. The largest absolute Gasteiger partial charge is 0.507 e. The molecule has 5 aromatic rings.